The molecule has 114 valence electrons. The van der Waals surface area contributed by atoms with Gasteiger partial charge in [-0.15, -0.1) is 0 Å². The summed E-state index contributed by atoms with van der Waals surface area (Å²) in [6.45, 7) is 1.89. The summed E-state index contributed by atoms with van der Waals surface area (Å²) in [6, 6.07) is 8.65. The lowest BCUT2D eigenvalue weighted by molar-refractivity contribution is -0.116. The van der Waals surface area contributed by atoms with Gasteiger partial charge in [-0.2, -0.15) is 0 Å². The van der Waals surface area contributed by atoms with Crippen LogP contribution in [0.5, 0.6) is 0 Å². The third-order valence-electron chi connectivity index (χ3n) is 2.69. The van der Waals surface area contributed by atoms with E-state index in [0.717, 1.165) is 0 Å². The van der Waals surface area contributed by atoms with E-state index in [1.807, 2.05) is 0 Å². The van der Waals surface area contributed by atoms with Gasteiger partial charge in [0.05, 0.1) is 0 Å². The first-order valence-electron chi connectivity index (χ1n) is 6.82. The molecule has 0 bridgehead atoms. The van der Waals surface area contributed by atoms with Crippen molar-refractivity contribution in [3.63, 3.8) is 0 Å². The second-order valence-electron chi connectivity index (χ2n) is 4.56. The van der Waals surface area contributed by atoms with E-state index in [-0.39, 0.29) is 11.8 Å². The van der Waals surface area contributed by atoms with Crippen molar-refractivity contribution in [2.75, 3.05) is 22.5 Å². The van der Waals surface area contributed by atoms with E-state index in [9.17, 15) is 9.59 Å². The molecule has 7 nitrogen and oxygen atoms in total. The van der Waals surface area contributed by atoms with Gasteiger partial charge in [0.2, 0.25) is 17.8 Å². The third-order valence-corrected chi connectivity index (χ3v) is 2.69. The number of anilines is 3. The van der Waals surface area contributed by atoms with E-state index in [1.165, 1.54) is 6.92 Å². The topological polar surface area (TPSA) is 96.0 Å². The van der Waals surface area contributed by atoms with Crippen molar-refractivity contribution in [3.8, 4) is 0 Å². The van der Waals surface area contributed by atoms with Crippen LogP contribution in [0, 0.1) is 0 Å². The van der Waals surface area contributed by atoms with Crippen LogP contribution in [-0.4, -0.2) is 28.3 Å². The Morgan fingerprint density at radius 1 is 1.00 bits per heavy atom. The van der Waals surface area contributed by atoms with Gasteiger partial charge in [0.1, 0.15) is 0 Å². The van der Waals surface area contributed by atoms with Crippen LogP contribution < -0.4 is 16.0 Å². The molecule has 0 aliphatic heterocycles. The second-order valence-corrected chi connectivity index (χ2v) is 4.56. The van der Waals surface area contributed by atoms with Gasteiger partial charge in [0.25, 0.3) is 0 Å². The molecule has 1 heterocycles. The highest BCUT2D eigenvalue weighted by Gasteiger charge is 2.03. The molecule has 0 aliphatic rings. The summed E-state index contributed by atoms with van der Waals surface area (Å²) in [5, 5.41) is 8.40. The molecule has 0 spiro atoms. The van der Waals surface area contributed by atoms with Crippen molar-refractivity contribution in [1.82, 2.24) is 9.97 Å². The molecule has 0 radical (unpaired) electrons. The first-order chi connectivity index (χ1) is 10.6. The molecule has 1 aromatic heterocycles. The van der Waals surface area contributed by atoms with Gasteiger partial charge in [-0.25, -0.2) is 9.97 Å². The van der Waals surface area contributed by atoms with E-state index in [1.54, 1.807) is 42.7 Å². The largest absolute Gasteiger partial charge is 0.354 e. The number of amides is 2. The lowest BCUT2D eigenvalue weighted by atomic mass is 10.2. The Bertz CT molecular complexity index is 628. The van der Waals surface area contributed by atoms with Crippen LogP contribution in [0.1, 0.15) is 13.3 Å². The lowest BCUT2D eigenvalue weighted by Crippen LogP contribution is -2.17. The summed E-state index contributed by atoms with van der Waals surface area (Å²) in [5.41, 5.74) is 1.36. The number of rotatable bonds is 6. The standard InChI is InChI=1S/C15H17N5O2/c1-11(21)19-12-3-5-13(6-4-12)20-14(22)7-10-18-15-16-8-2-9-17-15/h2-6,8-9H,7,10H2,1H3,(H,19,21)(H,20,22)(H,16,17,18). The Hall–Kier alpha value is -2.96. The molecule has 3 N–H and O–H groups in total. The highest BCUT2D eigenvalue weighted by Crippen LogP contribution is 2.13. The molecule has 0 atom stereocenters. The van der Waals surface area contributed by atoms with Gasteiger partial charge in [-0.05, 0) is 30.3 Å². The smallest absolute Gasteiger partial charge is 0.226 e. The number of carbonyl (C=O) groups is 2. The minimum Gasteiger partial charge on any atom is -0.354 e. The maximum Gasteiger partial charge on any atom is 0.226 e. The zero-order valence-electron chi connectivity index (χ0n) is 12.2. The van der Waals surface area contributed by atoms with Crippen molar-refractivity contribution in [3.05, 3.63) is 42.7 Å². The summed E-state index contributed by atoms with van der Waals surface area (Å²) >= 11 is 0. The van der Waals surface area contributed by atoms with E-state index in [4.69, 9.17) is 0 Å². The third kappa shape index (κ3) is 5.20. The Morgan fingerprint density at radius 2 is 1.59 bits per heavy atom. The predicted molar refractivity (Wildman–Crippen MR) is 84.5 cm³/mol. The Labute approximate surface area is 128 Å². The molecule has 7 heteroatoms. The predicted octanol–water partition coefficient (Wildman–Crippen LogP) is 1.88. The SMILES string of the molecule is CC(=O)Nc1ccc(NC(=O)CCNc2ncccn2)cc1. The molecule has 1 aromatic carbocycles. The maximum absolute atomic E-state index is 11.8. The molecular weight excluding hydrogens is 282 g/mol. The summed E-state index contributed by atoms with van der Waals surface area (Å²) in [4.78, 5) is 30.7. The summed E-state index contributed by atoms with van der Waals surface area (Å²) in [5.74, 6) is 0.247. The van der Waals surface area contributed by atoms with Gasteiger partial charge in [-0.1, -0.05) is 0 Å². The van der Waals surface area contributed by atoms with Crippen LogP contribution in [0.2, 0.25) is 0 Å². The first-order valence-corrected chi connectivity index (χ1v) is 6.82. The molecule has 0 saturated heterocycles. The van der Waals surface area contributed by atoms with Crippen LogP contribution in [0.3, 0.4) is 0 Å². The van der Waals surface area contributed by atoms with Crippen LogP contribution in [-0.2, 0) is 9.59 Å². The van der Waals surface area contributed by atoms with Crippen LogP contribution in [0.4, 0.5) is 17.3 Å². The number of nitrogens with zero attached hydrogens (tertiary/aromatic N) is 2. The van der Waals surface area contributed by atoms with Crippen molar-refractivity contribution < 1.29 is 9.59 Å². The van der Waals surface area contributed by atoms with E-state index >= 15 is 0 Å². The Morgan fingerprint density at radius 3 is 2.18 bits per heavy atom. The van der Waals surface area contributed by atoms with Gasteiger partial charge in [-0.3, -0.25) is 9.59 Å². The number of benzene rings is 1. The van der Waals surface area contributed by atoms with Gasteiger partial charge < -0.3 is 16.0 Å². The zero-order valence-corrected chi connectivity index (χ0v) is 12.2. The average molecular weight is 299 g/mol. The number of carbonyl (C=O) groups excluding carboxylic acids is 2. The fourth-order valence-electron chi connectivity index (χ4n) is 1.74. The monoisotopic (exact) mass is 299 g/mol. The number of nitrogens with one attached hydrogen (secondary N) is 3. The summed E-state index contributed by atoms with van der Waals surface area (Å²) in [7, 11) is 0. The number of hydrogen-bond acceptors (Lipinski definition) is 5. The maximum atomic E-state index is 11.8. The first kappa shape index (κ1) is 15.4. The molecule has 0 saturated carbocycles. The minimum atomic E-state index is -0.133. The van der Waals surface area contributed by atoms with E-state index in [0.29, 0.717) is 30.3 Å². The van der Waals surface area contributed by atoms with E-state index in [2.05, 4.69) is 25.9 Å². The summed E-state index contributed by atoms with van der Waals surface area (Å²) in [6.07, 6.45) is 3.56. The summed E-state index contributed by atoms with van der Waals surface area (Å²) < 4.78 is 0. The highest BCUT2D eigenvalue weighted by molar-refractivity contribution is 5.92. The zero-order chi connectivity index (χ0) is 15.8. The van der Waals surface area contributed by atoms with Crippen molar-refractivity contribution in [1.29, 1.82) is 0 Å². The van der Waals surface area contributed by atoms with Crippen LogP contribution in [0.15, 0.2) is 42.7 Å². The molecule has 22 heavy (non-hydrogen) atoms. The second kappa shape index (κ2) is 7.72. The van der Waals surface area contributed by atoms with Crippen LogP contribution >= 0.6 is 0 Å². The fourth-order valence-corrected chi connectivity index (χ4v) is 1.74. The van der Waals surface area contributed by atoms with Crippen molar-refractivity contribution in [2.24, 2.45) is 0 Å². The normalized spacial score (nSPS) is 9.86. The molecule has 2 aromatic rings. The van der Waals surface area contributed by atoms with Gasteiger partial charge >= 0.3 is 0 Å². The van der Waals surface area contributed by atoms with Crippen LogP contribution in [0.25, 0.3) is 0 Å². The highest BCUT2D eigenvalue weighted by atomic mass is 16.2. The van der Waals surface area contributed by atoms with Gasteiger partial charge in [0, 0.05) is 43.7 Å². The van der Waals surface area contributed by atoms with Crippen molar-refractivity contribution in [2.45, 2.75) is 13.3 Å². The van der Waals surface area contributed by atoms with Gasteiger partial charge in [0.15, 0.2) is 0 Å². The Kier molecular flexibility index (Phi) is 5.42. The van der Waals surface area contributed by atoms with Crippen molar-refractivity contribution >= 4 is 29.1 Å². The van der Waals surface area contributed by atoms with E-state index < -0.39 is 0 Å². The molecular formula is C15H17N5O2. The minimum absolute atomic E-state index is 0.115. The number of hydrogen-bond donors (Lipinski definition) is 3. The fraction of sp³-hybridized carbons (Fsp3) is 0.200. The quantitative estimate of drug-likeness (QED) is 0.757. The molecule has 0 fully saturated rings. The lowest BCUT2D eigenvalue weighted by Gasteiger charge is -2.07. The molecule has 0 unspecified atom stereocenters. The molecule has 0 aliphatic carbocycles. The molecule has 2 rings (SSSR count). The molecule has 2 amide bonds. The number of aromatic nitrogens is 2. The Balaban J connectivity index is 1.75. The average Bonchev–Trinajstić information content (AvgIpc) is 2.50.